The SMILES string of the molecule is CC(C)(O)C(C)(C)O.CC(C)C[C@H](CC(=O)[C@H](Cc1ccccc1)NC(=O)c1cnccn1)B(O)O.CC(C)C[C@H](CC(=O)[C@H](Cc1ccccc1)NC(=O)c1cnccn1)B1OC(C)(C)C(C)(C)O1. The number of hydrogen-bond donors (Lipinski definition) is 6. The number of hydrogen-bond acceptors (Lipinski definition) is 14. The fraction of sp³-hybridized carbons (Fsp3) is 0.538. The molecule has 18 heteroatoms. The zero-order valence-corrected chi connectivity index (χ0v) is 43.1. The van der Waals surface area contributed by atoms with Crippen molar-refractivity contribution >= 4 is 37.6 Å². The van der Waals surface area contributed by atoms with Crippen LogP contribution < -0.4 is 10.6 Å². The van der Waals surface area contributed by atoms with Gasteiger partial charge in [-0.3, -0.25) is 29.1 Å². The maximum Gasteiger partial charge on any atom is 0.461 e. The molecule has 70 heavy (non-hydrogen) atoms. The summed E-state index contributed by atoms with van der Waals surface area (Å²) < 4.78 is 12.6. The zero-order chi connectivity index (χ0) is 52.5. The molecule has 0 aliphatic carbocycles. The van der Waals surface area contributed by atoms with Crippen molar-refractivity contribution < 1.29 is 48.7 Å². The summed E-state index contributed by atoms with van der Waals surface area (Å²) in [4.78, 5) is 67.7. The van der Waals surface area contributed by atoms with E-state index in [9.17, 15) is 29.2 Å². The van der Waals surface area contributed by atoms with Crippen LogP contribution in [0.4, 0.5) is 0 Å². The number of amides is 2. The number of rotatable bonds is 21. The maximum atomic E-state index is 13.6. The molecule has 4 atom stereocenters. The molecule has 1 saturated heterocycles. The number of nitrogens with one attached hydrogen (secondary N) is 2. The first-order valence-corrected chi connectivity index (χ1v) is 24.0. The van der Waals surface area contributed by atoms with Gasteiger partial charge in [-0.15, -0.1) is 0 Å². The summed E-state index contributed by atoms with van der Waals surface area (Å²) in [5, 5.41) is 43.1. The molecule has 2 aromatic carbocycles. The largest absolute Gasteiger partial charge is 0.461 e. The second-order valence-corrected chi connectivity index (χ2v) is 20.9. The van der Waals surface area contributed by atoms with Crippen LogP contribution in [0.15, 0.2) is 97.8 Å². The van der Waals surface area contributed by atoms with Gasteiger partial charge in [-0.1, -0.05) is 88.4 Å². The number of aromatic nitrogens is 4. The lowest BCUT2D eigenvalue weighted by Gasteiger charge is -2.32. The second-order valence-electron chi connectivity index (χ2n) is 20.9. The van der Waals surface area contributed by atoms with Crippen molar-refractivity contribution in [1.29, 1.82) is 0 Å². The van der Waals surface area contributed by atoms with Crippen LogP contribution in [0.5, 0.6) is 0 Å². The maximum absolute atomic E-state index is 13.6. The predicted octanol–water partition coefficient (Wildman–Crippen LogP) is 6.48. The highest BCUT2D eigenvalue weighted by Gasteiger charge is 2.54. The molecule has 0 saturated carbocycles. The van der Waals surface area contributed by atoms with Crippen LogP contribution in [0.3, 0.4) is 0 Å². The molecule has 16 nitrogen and oxygen atoms in total. The Kier molecular flexibility index (Phi) is 22.6. The summed E-state index contributed by atoms with van der Waals surface area (Å²) in [5.41, 5.74) is -0.798. The van der Waals surface area contributed by atoms with Gasteiger partial charge in [-0.2, -0.15) is 0 Å². The summed E-state index contributed by atoms with van der Waals surface area (Å²) in [6, 6.07) is 17.5. The lowest BCUT2D eigenvalue weighted by atomic mass is 9.65. The molecule has 2 amide bonds. The van der Waals surface area contributed by atoms with Crippen molar-refractivity contribution in [1.82, 2.24) is 30.6 Å². The van der Waals surface area contributed by atoms with E-state index in [2.05, 4.69) is 44.4 Å². The van der Waals surface area contributed by atoms with Gasteiger partial charge in [0, 0.05) is 49.3 Å². The van der Waals surface area contributed by atoms with Gasteiger partial charge in [0.25, 0.3) is 11.8 Å². The van der Waals surface area contributed by atoms with E-state index in [1.54, 1.807) is 27.7 Å². The summed E-state index contributed by atoms with van der Waals surface area (Å²) in [6.07, 6.45) is 10.7. The van der Waals surface area contributed by atoms with E-state index in [1.165, 1.54) is 37.2 Å². The van der Waals surface area contributed by atoms with Crippen LogP contribution in [0.1, 0.15) is 141 Å². The van der Waals surface area contributed by atoms with Gasteiger partial charge >= 0.3 is 14.2 Å². The summed E-state index contributed by atoms with van der Waals surface area (Å²) >= 11 is 0. The minimum atomic E-state index is -1.58. The summed E-state index contributed by atoms with van der Waals surface area (Å²) in [6.45, 7) is 22.5. The molecule has 4 aromatic rings. The first kappa shape index (κ1) is 59.1. The third-order valence-corrected chi connectivity index (χ3v) is 12.6. The Balaban J connectivity index is 0.000000325. The van der Waals surface area contributed by atoms with Crippen molar-refractivity contribution in [3.05, 3.63) is 120 Å². The van der Waals surface area contributed by atoms with Crippen molar-refractivity contribution in [2.75, 3.05) is 0 Å². The molecule has 0 bridgehead atoms. The quantitative estimate of drug-likeness (QED) is 0.0490. The van der Waals surface area contributed by atoms with E-state index in [0.29, 0.717) is 25.2 Å². The number of carbonyl (C=O) groups excluding carboxylic acids is 4. The van der Waals surface area contributed by atoms with Gasteiger partial charge in [0.1, 0.15) is 11.4 Å². The van der Waals surface area contributed by atoms with E-state index in [4.69, 9.17) is 19.5 Å². The lowest BCUT2D eigenvalue weighted by molar-refractivity contribution is -0.121. The molecule has 1 aliphatic heterocycles. The first-order valence-electron chi connectivity index (χ1n) is 24.0. The fourth-order valence-electron chi connectivity index (χ4n) is 7.18. The van der Waals surface area contributed by atoms with Crippen LogP contribution in [0.25, 0.3) is 0 Å². The van der Waals surface area contributed by atoms with E-state index in [0.717, 1.165) is 17.5 Å². The van der Waals surface area contributed by atoms with E-state index in [1.807, 2.05) is 102 Å². The van der Waals surface area contributed by atoms with E-state index < -0.39 is 66.4 Å². The Morgan fingerprint density at radius 2 is 1.01 bits per heavy atom. The van der Waals surface area contributed by atoms with Crippen molar-refractivity contribution in [2.24, 2.45) is 11.8 Å². The first-order chi connectivity index (χ1) is 32.6. The summed E-state index contributed by atoms with van der Waals surface area (Å²) in [5.74, 6) is -1.36. The van der Waals surface area contributed by atoms with Crippen molar-refractivity contribution in [2.45, 2.75) is 168 Å². The van der Waals surface area contributed by atoms with Crippen molar-refractivity contribution in [3.63, 3.8) is 0 Å². The number of ketones is 2. The molecule has 2 aromatic heterocycles. The third-order valence-electron chi connectivity index (χ3n) is 12.6. The number of aliphatic hydroxyl groups is 2. The number of benzene rings is 2. The molecular formula is C52H76B2N6O10. The van der Waals surface area contributed by atoms with Crippen LogP contribution in [-0.2, 0) is 31.7 Å². The van der Waals surface area contributed by atoms with Gasteiger partial charge in [0.2, 0.25) is 0 Å². The number of carbonyl (C=O) groups is 4. The molecule has 1 fully saturated rings. The lowest BCUT2D eigenvalue weighted by Crippen LogP contribution is -2.44. The Hall–Kier alpha value is -5.23. The molecule has 380 valence electrons. The Bertz CT molecular complexity index is 2180. The smallest absolute Gasteiger partial charge is 0.427 e. The Labute approximate surface area is 415 Å². The summed E-state index contributed by atoms with van der Waals surface area (Å²) in [7, 11) is -2.07. The van der Waals surface area contributed by atoms with E-state index in [-0.39, 0.29) is 47.5 Å². The molecule has 6 N–H and O–H groups in total. The third kappa shape index (κ3) is 19.5. The van der Waals surface area contributed by atoms with E-state index >= 15 is 0 Å². The molecule has 0 radical (unpaired) electrons. The number of nitrogens with zero attached hydrogens (tertiary/aromatic N) is 4. The van der Waals surface area contributed by atoms with Gasteiger partial charge in [-0.05, 0) is 104 Å². The topological polar surface area (TPSA) is 243 Å². The highest BCUT2D eigenvalue weighted by Crippen LogP contribution is 2.42. The minimum absolute atomic E-state index is 0.0336. The van der Waals surface area contributed by atoms with Gasteiger partial charge < -0.3 is 40.2 Å². The second kappa shape index (κ2) is 26.8. The zero-order valence-electron chi connectivity index (χ0n) is 43.1. The fourth-order valence-corrected chi connectivity index (χ4v) is 7.18. The normalized spacial score (nSPS) is 15.8. The average molecular weight is 967 g/mol. The average Bonchev–Trinajstić information content (AvgIpc) is 3.51. The van der Waals surface area contributed by atoms with Crippen LogP contribution >= 0.6 is 0 Å². The Morgan fingerprint density at radius 3 is 1.34 bits per heavy atom. The predicted molar refractivity (Wildman–Crippen MR) is 271 cm³/mol. The minimum Gasteiger partial charge on any atom is -0.427 e. The van der Waals surface area contributed by atoms with Crippen LogP contribution in [0, 0.1) is 11.8 Å². The van der Waals surface area contributed by atoms with Gasteiger partial charge in [0.15, 0.2) is 11.6 Å². The van der Waals surface area contributed by atoms with Gasteiger partial charge in [-0.25, -0.2) is 9.97 Å². The molecule has 5 rings (SSSR count). The monoisotopic (exact) mass is 967 g/mol. The van der Waals surface area contributed by atoms with Crippen LogP contribution in [0.2, 0.25) is 11.6 Å². The molecule has 1 aliphatic rings. The molecule has 0 unspecified atom stereocenters. The molecular weight excluding hydrogens is 890 g/mol. The number of Topliss-reactive ketones (excluding diaryl/α,β-unsaturated/α-hetero) is 2. The van der Waals surface area contributed by atoms with Gasteiger partial charge in [0.05, 0.1) is 46.9 Å². The Morgan fingerprint density at radius 1 is 0.629 bits per heavy atom. The van der Waals surface area contributed by atoms with Crippen molar-refractivity contribution in [3.8, 4) is 0 Å². The van der Waals surface area contributed by atoms with Crippen LogP contribution in [-0.4, -0.2) is 112 Å². The standard InChI is InChI=1S/C26H36BN3O4.C20H26BN3O4.C6H14O2/c1-18(2)14-20(27-33-25(3,4)26(5,6)34-27)16-23(31)21(15-19-10-8-7-9-11-19)30-24(32)22-17-28-12-13-29-22;1-14(2)10-16(21(27)28)12-19(25)17(11-15-6-4-3-5-7-15)24-20(26)18-13-22-8-9-23-18;1-5(2,7)6(3,4)8/h7-13,17-18,20-21H,14-16H2,1-6H3,(H,30,32);3-9,13-14,16-17,27-28H,10-12H2,1-2H3,(H,24,26);7-8H,1-4H3/t20-,21+;16-,17+;/m11./s1. The highest BCUT2D eigenvalue weighted by atomic mass is 16.7. The molecule has 0 spiro atoms. The molecule has 3 heterocycles. The highest BCUT2D eigenvalue weighted by molar-refractivity contribution is 6.48.